The first-order valence-electron chi connectivity index (χ1n) is 16.5. The predicted molar refractivity (Wildman–Crippen MR) is 194 cm³/mol. The number of imidazole rings is 1. The van der Waals surface area contributed by atoms with Gasteiger partial charge in [-0.15, -0.1) is 0 Å². The summed E-state index contributed by atoms with van der Waals surface area (Å²) in [5.41, 5.74) is 6.30. The molecular formula is C39H38Cl2N4O6. The number of amides is 2. The molecule has 0 saturated carbocycles. The number of carbonyl (C=O) groups excluding carboxylic acids is 2. The lowest BCUT2D eigenvalue weighted by Crippen LogP contribution is -2.47. The first-order chi connectivity index (χ1) is 24.8. The number of aromatic nitrogens is 2. The van der Waals surface area contributed by atoms with Crippen LogP contribution in [0.3, 0.4) is 0 Å². The highest BCUT2D eigenvalue weighted by atomic mass is 35.5. The molecule has 2 amide bonds. The molecule has 4 atom stereocenters. The van der Waals surface area contributed by atoms with Gasteiger partial charge in [0.1, 0.15) is 11.2 Å². The lowest BCUT2D eigenvalue weighted by molar-refractivity contribution is -0.252. The zero-order valence-electron chi connectivity index (χ0n) is 27.9. The molecule has 0 unspecified atom stereocenters. The number of aliphatic hydroxyl groups is 1. The van der Waals surface area contributed by atoms with E-state index in [0.29, 0.717) is 24.5 Å². The molecule has 1 aliphatic rings. The second-order valence-electron chi connectivity index (χ2n) is 12.2. The highest BCUT2D eigenvalue weighted by Crippen LogP contribution is 2.39. The maximum atomic E-state index is 12.9. The molecule has 4 aromatic carbocycles. The Hall–Kier alpha value is -4.71. The van der Waals surface area contributed by atoms with Gasteiger partial charge in [-0.05, 0) is 33.4 Å². The van der Waals surface area contributed by atoms with Crippen molar-refractivity contribution in [2.24, 2.45) is 0 Å². The Morgan fingerprint density at radius 1 is 0.922 bits per heavy atom. The van der Waals surface area contributed by atoms with Crippen LogP contribution in [0.1, 0.15) is 46.6 Å². The summed E-state index contributed by atoms with van der Waals surface area (Å²) in [6, 6.07) is 31.5. The molecule has 51 heavy (non-hydrogen) atoms. The zero-order valence-corrected chi connectivity index (χ0v) is 29.4. The maximum absolute atomic E-state index is 12.9. The monoisotopic (exact) mass is 728 g/mol. The third-order valence-corrected chi connectivity index (χ3v) is 9.54. The van der Waals surface area contributed by atoms with Crippen LogP contribution in [0.25, 0.3) is 11.1 Å². The minimum atomic E-state index is -0.835. The SMILES string of the molecule is COC(=O)[C@H](Cc1ccccc1)NC(=O)NCc1ccccc1-c1ccc([C@H]2O[C@@H](Cn3cnc(Cl)c3Cl)C[C@@H](c3ccc(CO)cc3)O2)cc1. The summed E-state index contributed by atoms with van der Waals surface area (Å²) in [5.74, 6) is -0.521. The van der Waals surface area contributed by atoms with Gasteiger partial charge in [-0.25, -0.2) is 14.6 Å². The van der Waals surface area contributed by atoms with Crippen molar-refractivity contribution in [3.8, 4) is 11.1 Å². The van der Waals surface area contributed by atoms with Gasteiger partial charge in [0.25, 0.3) is 0 Å². The van der Waals surface area contributed by atoms with Gasteiger partial charge in [-0.1, -0.05) is 126 Å². The molecule has 264 valence electrons. The van der Waals surface area contributed by atoms with Crippen molar-refractivity contribution in [2.45, 2.75) is 57.1 Å². The zero-order chi connectivity index (χ0) is 35.7. The molecule has 2 heterocycles. The van der Waals surface area contributed by atoms with Crippen molar-refractivity contribution >= 4 is 35.2 Å². The summed E-state index contributed by atoms with van der Waals surface area (Å²) in [5, 5.41) is 15.7. The van der Waals surface area contributed by atoms with E-state index in [1.807, 2.05) is 103 Å². The Kier molecular flexibility index (Phi) is 12.0. The summed E-state index contributed by atoms with van der Waals surface area (Å²) in [6.45, 7) is 0.628. The molecule has 1 fully saturated rings. The van der Waals surface area contributed by atoms with E-state index in [9.17, 15) is 14.7 Å². The number of esters is 1. The fraction of sp³-hybridized carbons (Fsp3) is 0.256. The van der Waals surface area contributed by atoms with Gasteiger partial charge < -0.3 is 34.5 Å². The van der Waals surface area contributed by atoms with Crippen molar-refractivity contribution in [2.75, 3.05) is 7.11 Å². The topological polar surface area (TPSA) is 124 Å². The van der Waals surface area contributed by atoms with Crippen LogP contribution in [-0.4, -0.2) is 45.9 Å². The molecule has 1 saturated heterocycles. The van der Waals surface area contributed by atoms with Crippen molar-refractivity contribution in [3.63, 3.8) is 0 Å². The van der Waals surface area contributed by atoms with Gasteiger partial charge in [0, 0.05) is 24.9 Å². The standard InChI is InChI=1S/C39H38Cl2N4O6/c1-49-37(47)33(19-25-7-3-2-4-8-25)44-39(48)42-21-30-9-5-6-10-32(30)27-15-17-29(18-16-27)38-50-31(22-45-24-43-35(40)36(45)41)20-34(51-38)28-13-11-26(23-46)12-14-28/h2-18,24,31,33-34,38,46H,19-23H2,1H3,(H2,42,44,48)/t31-,33+,34+,38+/m1/s1. The van der Waals surface area contributed by atoms with Crippen molar-refractivity contribution in [1.82, 2.24) is 20.2 Å². The number of benzene rings is 4. The smallest absolute Gasteiger partial charge is 0.328 e. The minimum Gasteiger partial charge on any atom is -0.467 e. The lowest BCUT2D eigenvalue weighted by atomic mass is 9.97. The number of nitrogens with one attached hydrogen (secondary N) is 2. The van der Waals surface area contributed by atoms with E-state index in [1.54, 1.807) is 10.9 Å². The molecule has 1 aromatic heterocycles. The molecule has 1 aliphatic heterocycles. The molecule has 0 bridgehead atoms. The van der Waals surface area contributed by atoms with E-state index >= 15 is 0 Å². The Labute approximate surface area is 306 Å². The molecule has 3 N–H and O–H groups in total. The van der Waals surface area contributed by atoms with E-state index in [2.05, 4.69) is 15.6 Å². The molecule has 6 rings (SSSR count). The number of methoxy groups -OCH3 is 1. The number of hydrogen-bond donors (Lipinski definition) is 3. The number of urea groups is 1. The normalized spacial score (nSPS) is 17.8. The average Bonchev–Trinajstić information content (AvgIpc) is 3.49. The second kappa shape index (κ2) is 17.0. The predicted octanol–water partition coefficient (Wildman–Crippen LogP) is 7.18. The number of ether oxygens (including phenoxy) is 3. The van der Waals surface area contributed by atoms with Crippen LogP contribution in [-0.2, 0) is 45.1 Å². The average molecular weight is 730 g/mol. The summed E-state index contributed by atoms with van der Waals surface area (Å²) in [4.78, 5) is 29.5. The van der Waals surface area contributed by atoms with Crippen LogP contribution in [0.5, 0.6) is 0 Å². The van der Waals surface area contributed by atoms with Crippen molar-refractivity contribution < 1.29 is 28.9 Å². The Bertz CT molecular complexity index is 1920. The van der Waals surface area contributed by atoms with Crippen LogP contribution in [0, 0.1) is 0 Å². The number of rotatable bonds is 12. The second-order valence-corrected chi connectivity index (χ2v) is 12.9. The van der Waals surface area contributed by atoms with Crippen molar-refractivity contribution in [1.29, 1.82) is 0 Å². The van der Waals surface area contributed by atoms with Gasteiger partial charge in [-0.2, -0.15) is 0 Å². The van der Waals surface area contributed by atoms with E-state index in [1.165, 1.54) is 7.11 Å². The quantitative estimate of drug-likeness (QED) is 0.116. The van der Waals surface area contributed by atoms with Crippen LogP contribution in [0.15, 0.2) is 109 Å². The lowest BCUT2D eigenvalue weighted by Gasteiger charge is -2.36. The Morgan fingerprint density at radius 2 is 1.63 bits per heavy atom. The van der Waals surface area contributed by atoms with Gasteiger partial charge in [0.2, 0.25) is 0 Å². The number of aliphatic hydroxyl groups excluding tert-OH is 1. The number of carbonyl (C=O) groups is 2. The van der Waals surface area contributed by atoms with E-state index < -0.39 is 24.3 Å². The molecule has 0 spiro atoms. The highest BCUT2D eigenvalue weighted by Gasteiger charge is 2.33. The number of halogens is 2. The third kappa shape index (κ3) is 9.15. The van der Waals surface area contributed by atoms with Crippen LogP contribution >= 0.6 is 23.2 Å². The summed E-state index contributed by atoms with van der Waals surface area (Å²) >= 11 is 12.5. The van der Waals surface area contributed by atoms with Crippen LogP contribution in [0.2, 0.25) is 10.3 Å². The van der Waals surface area contributed by atoms with Crippen LogP contribution in [0.4, 0.5) is 4.79 Å². The molecule has 10 nitrogen and oxygen atoms in total. The largest absolute Gasteiger partial charge is 0.467 e. The van der Waals surface area contributed by atoms with Gasteiger partial charge in [0.15, 0.2) is 11.4 Å². The van der Waals surface area contributed by atoms with Crippen LogP contribution < -0.4 is 10.6 Å². The molecule has 0 radical (unpaired) electrons. The Balaban J connectivity index is 1.15. The van der Waals surface area contributed by atoms with Gasteiger partial charge >= 0.3 is 12.0 Å². The van der Waals surface area contributed by atoms with Gasteiger partial charge in [-0.3, -0.25) is 0 Å². The Morgan fingerprint density at radius 3 is 2.31 bits per heavy atom. The van der Waals surface area contributed by atoms with Crippen molar-refractivity contribution in [3.05, 3.63) is 148 Å². The van der Waals surface area contributed by atoms with E-state index in [0.717, 1.165) is 38.9 Å². The molecule has 12 heteroatoms. The fourth-order valence-electron chi connectivity index (χ4n) is 6.07. The first-order valence-corrected chi connectivity index (χ1v) is 17.3. The maximum Gasteiger partial charge on any atom is 0.328 e. The number of hydrogen-bond acceptors (Lipinski definition) is 7. The molecule has 0 aliphatic carbocycles. The minimum absolute atomic E-state index is 0.0383. The fourth-order valence-corrected chi connectivity index (χ4v) is 6.38. The molecular weight excluding hydrogens is 691 g/mol. The summed E-state index contributed by atoms with van der Waals surface area (Å²) in [6.07, 6.45) is 1.26. The highest BCUT2D eigenvalue weighted by molar-refractivity contribution is 6.40. The summed E-state index contributed by atoms with van der Waals surface area (Å²) in [7, 11) is 1.30. The number of nitrogens with zero attached hydrogens (tertiary/aromatic N) is 2. The summed E-state index contributed by atoms with van der Waals surface area (Å²) < 4.78 is 19.7. The van der Waals surface area contributed by atoms with Gasteiger partial charge in [0.05, 0.1) is 38.8 Å². The van der Waals surface area contributed by atoms with E-state index in [-0.39, 0.29) is 30.5 Å². The molecule has 5 aromatic rings. The van der Waals surface area contributed by atoms with E-state index in [4.69, 9.17) is 37.4 Å². The first kappa shape index (κ1) is 36.1. The third-order valence-electron chi connectivity index (χ3n) is 8.77.